The maximum atomic E-state index is 4.97. The van der Waals surface area contributed by atoms with Gasteiger partial charge in [0.15, 0.2) is 0 Å². The third-order valence-electron chi connectivity index (χ3n) is 9.18. The normalized spacial score (nSPS) is 16.0. The second-order valence-electron chi connectivity index (χ2n) is 11.6. The van der Waals surface area contributed by atoms with Gasteiger partial charge in [0.25, 0.3) is 0 Å². The first-order valence-corrected chi connectivity index (χ1v) is 15.5. The van der Waals surface area contributed by atoms with E-state index in [-0.39, 0.29) is 0 Å². The lowest BCUT2D eigenvalue weighted by Crippen LogP contribution is -2.10. The zero-order valence-corrected chi connectivity index (χ0v) is 24.5. The van der Waals surface area contributed by atoms with Crippen LogP contribution in [0.15, 0.2) is 127 Å². The highest BCUT2D eigenvalue weighted by Crippen LogP contribution is 2.44. The number of rotatable bonds is 5. The van der Waals surface area contributed by atoms with Crippen molar-refractivity contribution >= 4 is 33.3 Å². The number of hydrogen-bond acceptors (Lipinski definition) is 1. The summed E-state index contributed by atoms with van der Waals surface area (Å²) in [4.78, 5) is 4.97. The number of imidazole rings is 1. The molecule has 1 unspecified atom stereocenters. The van der Waals surface area contributed by atoms with Crippen LogP contribution in [0.5, 0.6) is 0 Å². The van der Waals surface area contributed by atoms with Crippen molar-refractivity contribution in [2.24, 2.45) is 0 Å². The average molecular weight is 555 g/mol. The van der Waals surface area contributed by atoms with Gasteiger partial charge in [-0.3, -0.25) is 0 Å². The molecular weight excluding hydrogens is 520 g/mol. The quantitative estimate of drug-likeness (QED) is 0.194. The summed E-state index contributed by atoms with van der Waals surface area (Å²) in [5.41, 5.74) is 10.2. The van der Waals surface area contributed by atoms with Crippen LogP contribution in [0.25, 0.3) is 55.6 Å². The molecule has 0 fully saturated rings. The SMILES string of the molecule is CCc1nc2c(n1C1=CCC(c3c4ccccc4c(-c4ccc(-c5ccccc5)cc4)c4ccccc34)C=C1)CCC=C2. The van der Waals surface area contributed by atoms with Gasteiger partial charge in [-0.15, -0.1) is 0 Å². The fourth-order valence-corrected chi connectivity index (χ4v) is 7.18. The van der Waals surface area contributed by atoms with Crippen LogP contribution in [0.1, 0.15) is 48.5 Å². The molecule has 1 heterocycles. The molecule has 2 aliphatic rings. The lowest BCUT2D eigenvalue weighted by atomic mass is 9.81. The molecule has 0 saturated heterocycles. The Labute approximate surface area is 253 Å². The first kappa shape index (κ1) is 25.7. The van der Waals surface area contributed by atoms with Crippen molar-refractivity contribution < 1.29 is 0 Å². The first-order chi connectivity index (χ1) is 21.3. The van der Waals surface area contributed by atoms with Crippen LogP contribution < -0.4 is 0 Å². The second-order valence-corrected chi connectivity index (χ2v) is 11.6. The van der Waals surface area contributed by atoms with Crippen molar-refractivity contribution in [1.29, 1.82) is 0 Å². The molecule has 5 aromatic carbocycles. The summed E-state index contributed by atoms with van der Waals surface area (Å²) in [5, 5.41) is 5.31. The van der Waals surface area contributed by atoms with E-state index in [1.54, 1.807) is 0 Å². The van der Waals surface area contributed by atoms with Gasteiger partial charge < -0.3 is 4.57 Å². The number of aryl methyl sites for hydroxylation is 1. The minimum atomic E-state index is 0.303. The summed E-state index contributed by atoms with van der Waals surface area (Å²) in [7, 11) is 0. The molecule has 8 rings (SSSR count). The van der Waals surface area contributed by atoms with Crippen molar-refractivity contribution in [3.63, 3.8) is 0 Å². The number of aromatic nitrogens is 2. The Bertz CT molecular complexity index is 2010. The molecule has 1 atom stereocenters. The Morgan fingerprint density at radius 1 is 0.698 bits per heavy atom. The highest BCUT2D eigenvalue weighted by molar-refractivity contribution is 6.15. The Morgan fingerprint density at radius 2 is 1.33 bits per heavy atom. The van der Waals surface area contributed by atoms with Gasteiger partial charge >= 0.3 is 0 Å². The lowest BCUT2D eigenvalue weighted by Gasteiger charge is -2.24. The van der Waals surface area contributed by atoms with Gasteiger partial charge in [-0.1, -0.05) is 128 Å². The van der Waals surface area contributed by atoms with Gasteiger partial charge in [-0.25, -0.2) is 4.98 Å². The molecule has 0 bridgehead atoms. The van der Waals surface area contributed by atoms with Gasteiger partial charge in [0.1, 0.15) is 5.82 Å². The first-order valence-electron chi connectivity index (χ1n) is 15.5. The van der Waals surface area contributed by atoms with E-state index in [9.17, 15) is 0 Å². The topological polar surface area (TPSA) is 17.8 Å². The van der Waals surface area contributed by atoms with E-state index in [4.69, 9.17) is 4.98 Å². The molecule has 0 spiro atoms. The van der Waals surface area contributed by atoms with Gasteiger partial charge in [-0.05, 0) is 80.8 Å². The Balaban J connectivity index is 1.23. The molecule has 1 aromatic heterocycles. The van der Waals surface area contributed by atoms with Crippen LogP contribution in [-0.4, -0.2) is 9.55 Å². The fraction of sp³-hybridized carbons (Fsp3) is 0.146. The summed E-state index contributed by atoms with van der Waals surface area (Å²) in [6.45, 7) is 2.21. The van der Waals surface area contributed by atoms with Gasteiger partial charge in [0.2, 0.25) is 0 Å². The average Bonchev–Trinajstić information content (AvgIpc) is 3.47. The fourth-order valence-electron chi connectivity index (χ4n) is 7.18. The van der Waals surface area contributed by atoms with E-state index < -0.39 is 0 Å². The second kappa shape index (κ2) is 10.7. The number of allylic oxidation sites excluding steroid dienone is 5. The molecular formula is C41H34N2. The standard InChI is InChI=1S/C41H34N2/c1-2-39-42-37-18-10-11-19-38(37)43(39)32-26-24-31(25-27-32)41-35-16-8-6-14-33(35)40(34-15-7-9-17-36(34)41)30-22-20-29(21-23-30)28-12-4-3-5-13-28/h3-10,12-18,20-24,26-27,31H,2,11,19,25H2,1H3. The molecule has 0 saturated carbocycles. The number of benzene rings is 5. The molecule has 6 aromatic rings. The van der Waals surface area contributed by atoms with Crippen LogP contribution in [0.2, 0.25) is 0 Å². The molecule has 0 N–H and O–H groups in total. The van der Waals surface area contributed by atoms with E-state index in [0.717, 1.165) is 37.2 Å². The van der Waals surface area contributed by atoms with E-state index in [1.165, 1.54) is 60.8 Å². The maximum Gasteiger partial charge on any atom is 0.113 e. The van der Waals surface area contributed by atoms with Gasteiger partial charge in [0.05, 0.1) is 11.4 Å². The number of hydrogen-bond donors (Lipinski definition) is 0. The van der Waals surface area contributed by atoms with Crippen LogP contribution in [0.4, 0.5) is 0 Å². The minimum absolute atomic E-state index is 0.303. The molecule has 43 heavy (non-hydrogen) atoms. The molecule has 2 heteroatoms. The monoisotopic (exact) mass is 554 g/mol. The maximum absolute atomic E-state index is 4.97. The van der Waals surface area contributed by atoms with E-state index in [0.29, 0.717) is 5.92 Å². The largest absolute Gasteiger partial charge is 0.300 e. The van der Waals surface area contributed by atoms with Crippen LogP contribution in [-0.2, 0) is 12.8 Å². The van der Waals surface area contributed by atoms with E-state index in [2.05, 4.69) is 145 Å². The Morgan fingerprint density at radius 3 is 1.98 bits per heavy atom. The van der Waals surface area contributed by atoms with Crippen LogP contribution in [0.3, 0.4) is 0 Å². The van der Waals surface area contributed by atoms with Crippen LogP contribution in [0, 0.1) is 0 Å². The smallest absolute Gasteiger partial charge is 0.113 e. The predicted molar refractivity (Wildman–Crippen MR) is 182 cm³/mol. The molecule has 0 amide bonds. The van der Waals surface area contributed by atoms with Crippen molar-refractivity contribution in [1.82, 2.24) is 9.55 Å². The third-order valence-corrected chi connectivity index (χ3v) is 9.18. The minimum Gasteiger partial charge on any atom is -0.300 e. The summed E-state index contributed by atoms with van der Waals surface area (Å²) in [6.07, 6.45) is 15.7. The summed E-state index contributed by atoms with van der Waals surface area (Å²) in [5.74, 6) is 1.46. The zero-order valence-electron chi connectivity index (χ0n) is 24.5. The number of nitrogens with zero attached hydrogens (tertiary/aromatic N) is 2. The highest BCUT2D eigenvalue weighted by atomic mass is 15.1. The van der Waals surface area contributed by atoms with Crippen molar-refractivity contribution in [2.75, 3.05) is 0 Å². The summed E-state index contributed by atoms with van der Waals surface area (Å²) in [6, 6.07) is 37.7. The van der Waals surface area contributed by atoms with E-state index in [1.807, 2.05) is 0 Å². The Kier molecular flexibility index (Phi) is 6.41. The molecule has 2 aliphatic carbocycles. The molecule has 2 nitrogen and oxygen atoms in total. The predicted octanol–water partition coefficient (Wildman–Crippen LogP) is 10.6. The third kappa shape index (κ3) is 4.37. The number of fused-ring (bicyclic) bond motifs is 3. The van der Waals surface area contributed by atoms with Crippen molar-refractivity contribution in [3.05, 3.63) is 150 Å². The van der Waals surface area contributed by atoms with E-state index >= 15 is 0 Å². The highest BCUT2D eigenvalue weighted by Gasteiger charge is 2.23. The Hall–Kier alpha value is -4.95. The molecule has 0 aliphatic heterocycles. The van der Waals surface area contributed by atoms with Crippen molar-refractivity contribution in [2.45, 2.75) is 38.5 Å². The van der Waals surface area contributed by atoms with Crippen LogP contribution >= 0.6 is 0 Å². The van der Waals surface area contributed by atoms with Gasteiger partial charge in [0, 0.05) is 18.0 Å². The lowest BCUT2D eigenvalue weighted by molar-refractivity contribution is 0.815. The summed E-state index contributed by atoms with van der Waals surface area (Å²) >= 11 is 0. The van der Waals surface area contributed by atoms with Crippen molar-refractivity contribution in [3.8, 4) is 22.3 Å². The van der Waals surface area contributed by atoms with Gasteiger partial charge in [-0.2, -0.15) is 0 Å². The molecule has 208 valence electrons. The summed E-state index contributed by atoms with van der Waals surface area (Å²) < 4.78 is 2.42. The molecule has 0 radical (unpaired) electrons. The zero-order chi connectivity index (χ0) is 28.8.